The Kier molecular flexibility index (Phi) is 4.36. The zero-order valence-electron chi connectivity index (χ0n) is 10.8. The van der Waals surface area contributed by atoms with Gasteiger partial charge in [-0.1, -0.05) is 13.8 Å². The molecule has 1 aliphatic rings. The molecule has 1 heterocycles. The molecule has 0 amide bonds. The van der Waals surface area contributed by atoms with Gasteiger partial charge in [-0.05, 0) is 43.1 Å². The summed E-state index contributed by atoms with van der Waals surface area (Å²) in [6.45, 7) is 5.17. The van der Waals surface area contributed by atoms with Crippen molar-refractivity contribution >= 4 is 23.5 Å². The molecule has 18 heavy (non-hydrogen) atoms. The monoisotopic (exact) mass is 265 g/mol. The number of thiocarbonyl (C=S) groups is 1. The molecule has 0 unspecified atom stereocenters. The summed E-state index contributed by atoms with van der Waals surface area (Å²) < 4.78 is 5.69. The Bertz CT molecular complexity index is 441. The summed E-state index contributed by atoms with van der Waals surface area (Å²) >= 11 is 5.04. The van der Waals surface area contributed by atoms with Gasteiger partial charge in [0.15, 0.2) is 5.11 Å². The summed E-state index contributed by atoms with van der Waals surface area (Å²) in [5.41, 5.74) is 2.76. The lowest BCUT2D eigenvalue weighted by atomic mass is 10.3. The average molecular weight is 265 g/mol. The van der Waals surface area contributed by atoms with E-state index in [9.17, 15) is 0 Å². The van der Waals surface area contributed by atoms with Crippen molar-refractivity contribution < 1.29 is 4.42 Å². The summed E-state index contributed by atoms with van der Waals surface area (Å²) in [5, 5.41) is 7.61. The second-order valence-corrected chi connectivity index (χ2v) is 5.09. The Balaban J connectivity index is 1.78. The Labute approximate surface area is 113 Å². The molecule has 0 spiro atoms. The zero-order valence-corrected chi connectivity index (χ0v) is 11.6. The van der Waals surface area contributed by atoms with Crippen molar-refractivity contribution in [3.8, 4) is 0 Å². The maximum absolute atomic E-state index is 5.69. The van der Waals surface area contributed by atoms with E-state index >= 15 is 0 Å². The molecular weight excluding hydrogens is 246 g/mol. The predicted octanol–water partition coefficient (Wildman–Crippen LogP) is 2.61. The SMILES string of the molecule is CCCNC(=S)N/N=C\c1ccc([C@H]2C[C@H]2C)o1. The quantitative estimate of drug-likeness (QED) is 0.488. The molecule has 0 aromatic carbocycles. The minimum atomic E-state index is 0.538. The van der Waals surface area contributed by atoms with E-state index in [0.29, 0.717) is 11.0 Å². The average Bonchev–Trinajstić information content (AvgIpc) is 2.90. The second kappa shape index (κ2) is 6.00. The maximum Gasteiger partial charge on any atom is 0.186 e. The Morgan fingerprint density at radius 1 is 1.61 bits per heavy atom. The topological polar surface area (TPSA) is 49.6 Å². The zero-order chi connectivity index (χ0) is 13.0. The van der Waals surface area contributed by atoms with Gasteiger partial charge in [0.1, 0.15) is 11.5 Å². The van der Waals surface area contributed by atoms with Gasteiger partial charge in [0.25, 0.3) is 0 Å². The van der Waals surface area contributed by atoms with Gasteiger partial charge in [0.05, 0.1) is 6.21 Å². The maximum atomic E-state index is 5.69. The van der Waals surface area contributed by atoms with E-state index in [4.69, 9.17) is 16.6 Å². The molecule has 2 atom stereocenters. The summed E-state index contributed by atoms with van der Waals surface area (Å²) in [6, 6.07) is 3.97. The van der Waals surface area contributed by atoms with Crippen LogP contribution in [-0.2, 0) is 0 Å². The molecule has 5 heteroatoms. The minimum absolute atomic E-state index is 0.538. The van der Waals surface area contributed by atoms with Crippen molar-refractivity contribution in [2.45, 2.75) is 32.6 Å². The minimum Gasteiger partial charge on any atom is -0.460 e. The first-order chi connectivity index (χ1) is 8.70. The van der Waals surface area contributed by atoms with Gasteiger partial charge in [-0.2, -0.15) is 5.10 Å². The Morgan fingerprint density at radius 3 is 3.06 bits per heavy atom. The van der Waals surface area contributed by atoms with Crippen LogP contribution in [0.1, 0.15) is 44.1 Å². The van der Waals surface area contributed by atoms with Gasteiger partial charge in [0, 0.05) is 12.5 Å². The molecule has 1 aromatic heterocycles. The lowest BCUT2D eigenvalue weighted by Crippen LogP contribution is -2.32. The smallest absolute Gasteiger partial charge is 0.186 e. The first kappa shape index (κ1) is 13.1. The van der Waals surface area contributed by atoms with E-state index in [1.165, 1.54) is 6.42 Å². The van der Waals surface area contributed by atoms with Crippen LogP contribution >= 0.6 is 12.2 Å². The predicted molar refractivity (Wildman–Crippen MR) is 76.9 cm³/mol. The van der Waals surface area contributed by atoms with Gasteiger partial charge < -0.3 is 9.73 Å². The molecule has 0 aliphatic heterocycles. The molecule has 4 nitrogen and oxygen atoms in total. The molecule has 2 N–H and O–H groups in total. The highest BCUT2D eigenvalue weighted by molar-refractivity contribution is 7.80. The number of hydrazone groups is 1. The number of nitrogens with zero attached hydrogens (tertiary/aromatic N) is 1. The van der Waals surface area contributed by atoms with Crippen molar-refractivity contribution in [1.82, 2.24) is 10.7 Å². The third-order valence-corrected chi connectivity index (χ3v) is 3.25. The molecule has 2 rings (SSSR count). The van der Waals surface area contributed by atoms with E-state index in [1.807, 2.05) is 12.1 Å². The van der Waals surface area contributed by atoms with E-state index in [-0.39, 0.29) is 0 Å². The highest BCUT2D eigenvalue weighted by Crippen LogP contribution is 2.47. The van der Waals surface area contributed by atoms with E-state index in [1.54, 1.807) is 6.21 Å². The van der Waals surface area contributed by atoms with Crippen molar-refractivity contribution in [3.63, 3.8) is 0 Å². The molecule has 1 aromatic rings. The van der Waals surface area contributed by atoms with E-state index in [0.717, 1.165) is 30.4 Å². The van der Waals surface area contributed by atoms with Crippen LogP contribution in [0.15, 0.2) is 21.7 Å². The first-order valence-corrected chi connectivity index (χ1v) is 6.78. The van der Waals surface area contributed by atoms with Crippen LogP contribution < -0.4 is 10.7 Å². The fourth-order valence-corrected chi connectivity index (χ4v) is 1.94. The van der Waals surface area contributed by atoms with Crippen molar-refractivity contribution in [2.24, 2.45) is 11.0 Å². The number of nitrogens with one attached hydrogen (secondary N) is 2. The van der Waals surface area contributed by atoms with Gasteiger partial charge in [-0.15, -0.1) is 0 Å². The van der Waals surface area contributed by atoms with Crippen LogP contribution in [-0.4, -0.2) is 17.9 Å². The van der Waals surface area contributed by atoms with Crippen molar-refractivity contribution in [3.05, 3.63) is 23.7 Å². The lowest BCUT2D eigenvalue weighted by molar-refractivity contribution is 0.500. The summed E-state index contributed by atoms with van der Waals surface area (Å²) in [5.74, 6) is 3.18. The van der Waals surface area contributed by atoms with Gasteiger partial charge in [0.2, 0.25) is 0 Å². The number of furan rings is 1. The second-order valence-electron chi connectivity index (χ2n) is 4.69. The third kappa shape index (κ3) is 3.57. The molecule has 0 bridgehead atoms. The normalized spacial score (nSPS) is 22.1. The number of hydrogen-bond acceptors (Lipinski definition) is 3. The molecule has 1 saturated carbocycles. The first-order valence-electron chi connectivity index (χ1n) is 6.37. The summed E-state index contributed by atoms with van der Waals surface area (Å²) in [6.07, 6.45) is 3.91. The molecule has 0 radical (unpaired) electrons. The summed E-state index contributed by atoms with van der Waals surface area (Å²) in [4.78, 5) is 0. The van der Waals surface area contributed by atoms with Crippen molar-refractivity contribution in [1.29, 1.82) is 0 Å². The highest BCUT2D eigenvalue weighted by atomic mass is 32.1. The fraction of sp³-hybridized carbons (Fsp3) is 0.538. The van der Waals surface area contributed by atoms with Crippen LogP contribution in [0, 0.1) is 5.92 Å². The van der Waals surface area contributed by atoms with Crippen LogP contribution in [0.25, 0.3) is 0 Å². The van der Waals surface area contributed by atoms with Crippen LogP contribution in [0.4, 0.5) is 0 Å². The Morgan fingerprint density at radius 2 is 2.39 bits per heavy atom. The van der Waals surface area contributed by atoms with Crippen LogP contribution in [0.5, 0.6) is 0 Å². The van der Waals surface area contributed by atoms with E-state index < -0.39 is 0 Å². The van der Waals surface area contributed by atoms with Gasteiger partial charge >= 0.3 is 0 Å². The van der Waals surface area contributed by atoms with Gasteiger partial charge in [-0.25, -0.2) is 0 Å². The molecule has 0 saturated heterocycles. The van der Waals surface area contributed by atoms with Crippen LogP contribution in [0.3, 0.4) is 0 Å². The van der Waals surface area contributed by atoms with E-state index in [2.05, 4.69) is 29.7 Å². The molecule has 1 aliphatic carbocycles. The highest BCUT2D eigenvalue weighted by Gasteiger charge is 2.36. The van der Waals surface area contributed by atoms with Gasteiger partial charge in [-0.3, -0.25) is 5.43 Å². The summed E-state index contributed by atoms with van der Waals surface area (Å²) in [7, 11) is 0. The molecule has 1 fully saturated rings. The number of rotatable bonds is 5. The van der Waals surface area contributed by atoms with Crippen molar-refractivity contribution in [2.75, 3.05) is 6.54 Å². The fourth-order valence-electron chi connectivity index (χ4n) is 1.79. The lowest BCUT2D eigenvalue weighted by Gasteiger charge is -2.03. The van der Waals surface area contributed by atoms with Crippen LogP contribution in [0.2, 0.25) is 0 Å². The third-order valence-electron chi connectivity index (χ3n) is 3.02. The molecular formula is C13H19N3OS. The number of hydrogen-bond donors (Lipinski definition) is 2. The molecule has 98 valence electrons. The largest absolute Gasteiger partial charge is 0.460 e. The Hall–Kier alpha value is -1.36. The standard InChI is InChI=1S/C13H19N3OS/c1-3-6-14-13(18)16-15-8-10-4-5-12(17-10)11-7-9(11)2/h4-5,8-9,11H,3,6-7H2,1-2H3,(H2,14,16,18)/b15-8-/t9-,11+/m1/s1.